The molecule has 1 fully saturated rings. The van der Waals surface area contributed by atoms with E-state index < -0.39 is 23.6 Å². The highest BCUT2D eigenvalue weighted by molar-refractivity contribution is 5.72. The topological polar surface area (TPSA) is 135 Å². The van der Waals surface area contributed by atoms with Crippen LogP contribution in [0.5, 0.6) is 0 Å². The fraction of sp³-hybridized carbons (Fsp3) is 0.692. The number of unbranched alkanes of at least 4 members (excludes halogenated alkanes) is 1. The Labute approximate surface area is 213 Å². The molecule has 2 unspecified atom stereocenters. The van der Waals surface area contributed by atoms with Gasteiger partial charge < -0.3 is 25.3 Å². The molecular formula is C26H40N4O6. The number of carbonyl (C=O) groups is 2. The fourth-order valence-corrected chi connectivity index (χ4v) is 3.90. The number of anilines is 1. The Hall–Kier alpha value is -3.06. The first-order chi connectivity index (χ1) is 16.9. The summed E-state index contributed by atoms with van der Waals surface area (Å²) in [6, 6.07) is 0. The first-order valence-corrected chi connectivity index (χ1v) is 12.6. The molecule has 4 atom stereocenters. The van der Waals surface area contributed by atoms with Crippen LogP contribution in [0.15, 0.2) is 11.0 Å². The van der Waals surface area contributed by atoms with Crippen molar-refractivity contribution >= 4 is 17.9 Å². The average Bonchev–Trinajstić information content (AvgIpc) is 3.16. The first-order valence-electron chi connectivity index (χ1n) is 12.6. The Morgan fingerprint density at radius 2 is 2.08 bits per heavy atom. The van der Waals surface area contributed by atoms with E-state index in [-0.39, 0.29) is 30.4 Å². The van der Waals surface area contributed by atoms with Gasteiger partial charge in [-0.1, -0.05) is 39.0 Å². The molecule has 0 spiro atoms. The fourth-order valence-electron chi connectivity index (χ4n) is 3.90. The van der Waals surface area contributed by atoms with Gasteiger partial charge in [0, 0.05) is 12.7 Å². The second-order valence-corrected chi connectivity index (χ2v) is 10.2. The minimum Gasteiger partial charge on any atom is -0.452 e. The number of esters is 1. The lowest BCUT2D eigenvalue weighted by Gasteiger charge is -2.19. The van der Waals surface area contributed by atoms with Crippen LogP contribution in [0.2, 0.25) is 0 Å². The van der Waals surface area contributed by atoms with E-state index in [1.165, 1.54) is 4.57 Å². The van der Waals surface area contributed by atoms with Crippen molar-refractivity contribution < 1.29 is 23.8 Å². The third kappa shape index (κ3) is 9.19. The van der Waals surface area contributed by atoms with Crippen molar-refractivity contribution in [1.29, 1.82) is 0 Å². The Kier molecular flexibility index (Phi) is 10.8. The van der Waals surface area contributed by atoms with Crippen LogP contribution in [-0.2, 0) is 19.0 Å². The van der Waals surface area contributed by atoms with Crippen molar-refractivity contribution in [2.75, 3.05) is 18.9 Å². The summed E-state index contributed by atoms with van der Waals surface area (Å²) in [6.07, 6.45) is 4.49. The van der Waals surface area contributed by atoms with Gasteiger partial charge in [0.1, 0.15) is 17.6 Å². The predicted molar refractivity (Wildman–Crippen MR) is 136 cm³/mol. The van der Waals surface area contributed by atoms with Crippen molar-refractivity contribution in [2.45, 2.75) is 91.6 Å². The van der Waals surface area contributed by atoms with Gasteiger partial charge in [-0.05, 0) is 52.4 Å². The number of nitrogens with two attached hydrogens (primary N) is 1. The smallest absolute Gasteiger partial charge is 0.407 e. The minimum atomic E-state index is -0.532. The number of ether oxygens (including phenoxy) is 3. The van der Waals surface area contributed by atoms with Gasteiger partial charge >= 0.3 is 17.8 Å². The van der Waals surface area contributed by atoms with Crippen molar-refractivity contribution in [3.8, 4) is 11.8 Å². The van der Waals surface area contributed by atoms with Crippen LogP contribution in [0.3, 0.4) is 0 Å². The zero-order valence-electron chi connectivity index (χ0n) is 22.3. The van der Waals surface area contributed by atoms with Gasteiger partial charge in [0.15, 0.2) is 6.61 Å². The molecule has 2 heterocycles. The van der Waals surface area contributed by atoms with E-state index in [1.807, 2.05) is 20.8 Å². The summed E-state index contributed by atoms with van der Waals surface area (Å²) in [5, 5.41) is 2.70. The van der Waals surface area contributed by atoms with Crippen LogP contribution in [0.4, 0.5) is 10.6 Å². The quantitative estimate of drug-likeness (QED) is 0.297. The van der Waals surface area contributed by atoms with E-state index in [9.17, 15) is 14.4 Å². The van der Waals surface area contributed by atoms with Crippen molar-refractivity contribution in [3.05, 3.63) is 22.2 Å². The Morgan fingerprint density at radius 1 is 1.36 bits per heavy atom. The van der Waals surface area contributed by atoms with E-state index in [2.05, 4.69) is 36.0 Å². The average molecular weight is 505 g/mol. The normalized spacial score (nSPS) is 20.2. The van der Waals surface area contributed by atoms with Gasteiger partial charge in [-0.3, -0.25) is 9.36 Å². The number of hydrogen-bond acceptors (Lipinski definition) is 8. The van der Waals surface area contributed by atoms with Crippen molar-refractivity contribution in [2.24, 2.45) is 11.8 Å². The number of hydrogen-bond donors (Lipinski definition) is 2. The van der Waals surface area contributed by atoms with Crippen molar-refractivity contribution in [1.82, 2.24) is 14.9 Å². The Bertz CT molecular complexity index is 1020. The molecule has 1 saturated heterocycles. The second kappa shape index (κ2) is 13.3. The molecule has 36 heavy (non-hydrogen) atoms. The number of aromatic nitrogens is 2. The molecule has 10 heteroatoms. The molecule has 1 aliphatic rings. The summed E-state index contributed by atoms with van der Waals surface area (Å²) < 4.78 is 17.8. The maximum Gasteiger partial charge on any atom is 0.407 e. The molecule has 0 aliphatic carbocycles. The van der Waals surface area contributed by atoms with Crippen LogP contribution in [-0.4, -0.2) is 46.5 Å². The monoisotopic (exact) mass is 504 g/mol. The zero-order chi connectivity index (χ0) is 26.9. The lowest BCUT2D eigenvalue weighted by atomic mass is 10.0. The third-order valence-corrected chi connectivity index (χ3v) is 5.88. The van der Waals surface area contributed by atoms with Crippen LogP contribution in [0, 0.1) is 23.7 Å². The molecule has 200 valence electrons. The van der Waals surface area contributed by atoms with Gasteiger partial charge in [-0.25, -0.2) is 9.59 Å². The Balaban J connectivity index is 1.79. The summed E-state index contributed by atoms with van der Waals surface area (Å²) >= 11 is 0. The molecule has 0 saturated carbocycles. The van der Waals surface area contributed by atoms with E-state index >= 15 is 0 Å². The maximum atomic E-state index is 12.3. The molecule has 1 aromatic rings. The molecule has 3 N–H and O–H groups in total. The summed E-state index contributed by atoms with van der Waals surface area (Å²) in [5.41, 5.74) is 5.25. The van der Waals surface area contributed by atoms with Crippen LogP contribution < -0.4 is 16.7 Å². The van der Waals surface area contributed by atoms with Gasteiger partial charge in [-0.2, -0.15) is 4.98 Å². The van der Waals surface area contributed by atoms with E-state index in [1.54, 1.807) is 13.1 Å². The third-order valence-electron chi connectivity index (χ3n) is 5.88. The molecule has 0 radical (unpaired) electrons. The summed E-state index contributed by atoms with van der Waals surface area (Å²) in [5.74, 6) is 5.33. The number of nitrogens with zero attached hydrogens (tertiary/aromatic N) is 2. The predicted octanol–water partition coefficient (Wildman–Crippen LogP) is 3.38. The van der Waals surface area contributed by atoms with E-state index in [4.69, 9.17) is 19.9 Å². The highest BCUT2D eigenvalue weighted by Crippen LogP contribution is 2.33. The van der Waals surface area contributed by atoms with Gasteiger partial charge in [0.2, 0.25) is 0 Å². The second-order valence-electron chi connectivity index (χ2n) is 10.2. The maximum absolute atomic E-state index is 12.3. The molecular weight excluding hydrogens is 464 g/mol. The van der Waals surface area contributed by atoms with Crippen LogP contribution in [0.25, 0.3) is 0 Å². The largest absolute Gasteiger partial charge is 0.452 e. The molecule has 1 aliphatic heterocycles. The molecule has 0 aromatic carbocycles. The van der Waals surface area contributed by atoms with Gasteiger partial charge in [0.05, 0.1) is 17.6 Å². The molecule has 2 rings (SSSR count). The standard InChI is InChI=1S/C26H40N4O6/c1-7-20-18(3)15-21(35-20)30-16-19(22(27)29-24(30)32)12-10-14-34-23(31)17(2)11-8-9-13-28-25(33)36-26(4,5)6/h16-18,20-21H,7-9,11,13-15H2,1-6H3,(H,28,33)(H2,27,29,32)/t17?,18?,20-,21-/m1/s1. The summed E-state index contributed by atoms with van der Waals surface area (Å²) in [6.45, 7) is 11.7. The van der Waals surface area contributed by atoms with E-state index in [0.717, 1.165) is 19.3 Å². The number of carbonyl (C=O) groups excluding carboxylic acids is 2. The zero-order valence-corrected chi connectivity index (χ0v) is 22.3. The number of amides is 1. The summed E-state index contributed by atoms with van der Waals surface area (Å²) in [4.78, 5) is 40.1. The SMILES string of the molecule is CC[C@H]1O[C@@H](n2cc(C#CCOC(=O)C(C)CCCCNC(=O)OC(C)(C)C)c(N)nc2=O)CC1C. The van der Waals surface area contributed by atoms with Crippen molar-refractivity contribution in [3.63, 3.8) is 0 Å². The molecule has 1 amide bonds. The number of rotatable bonds is 9. The number of nitrogens with one attached hydrogen (secondary N) is 1. The Morgan fingerprint density at radius 3 is 2.72 bits per heavy atom. The molecule has 1 aromatic heterocycles. The van der Waals surface area contributed by atoms with Crippen LogP contribution in [0.1, 0.15) is 85.4 Å². The molecule has 10 nitrogen and oxygen atoms in total. The lowest BCUT2D eigenvalue weighted by Crippen LogP contribution is -2.33. The first kappa shape index (κ1) is 29.2. The highest BCUT2D eigenvalue weighted by atomic mass is 16.6. The number of nitrogen functional groups attached to an aromatic ring is 1. The summed E-state index contributed by atoms with van der Waals surface area (Å²) in [7, 11) is 0. The minimum absolute atomic E-state index is 0.0292. The molecule has 0 bridgehead atoms. The van der Waals surface area contributed by atoms with Gasteiger partial charge in [-0.15, -0.1) is 0 Å². The van der Waals surface area contributed by atoms with E-state index in [0.29, 0.717) is 30.9 Å². The van der Waals surface area contributed by atoms with Gasteiger partial charge in [0.25, 0.3) is 0 Å². The number of alkyl carbamates (subject to hydrolysis) is 1. The highest BCUT2D eigenvalue weighted by Gasteiger charge is 2.32. The lowest BCUT2D eigenvalue weighted by molar-refractivity contribution is -0.146. The van der Waals surface area contributed by atoms with Crippen LogP contribution >= 0.6 is 0 Å².